The molecular formula is C22H24Cl3FN2O2. The van der Waals surface area contributed by atoms with Gasteiger partial charge in [0.15, 0.2) is 0 Å². The van der Waals surface area contributed by atoms with E-state index in [-0.39, 0.29) is 35.4 Å². The van der Waals surface area contributed by atoms with Gasteiger partial charge < -0.3 is 10.2 Å². The lowest BCUT2D eigenvalue weighted by Crippen LogP contribution is -2.48. The molecule has 0 fully saturated rings. The molecule has 30 heavy (non-hydrogen) atoms. The molecule has 0 radical (unpaired) electrons. The zero-order valence-corrected chi connectivity index (χ0v) is 19.3. The minimum Gasteiger partial charge on any atom is -0.354 e. The van der Waals surface area contributed by atoms with Crippen LogP contribution in [0.1, 0.15) is 31.9 Å². The summed E-state index contributed by atoms with van der Waals surface area (Å²) in [6.07, 6.45) is -0.269. The molecule has 2 amide bonds. The molecule has 8 heteroatoms. The Kier molecular flexibility index (Phi) is 8.95. The maximum absolute atomic E-state index is 14.2. The van der Waals surface area contributed by atoms with E-state index in [0.717, 1.165) is 0 Å². The predicted octanol–water partition coefficient (Wildman–Crippen LogP) is 5.52. The summed E-state index contributed by atoms with van der Waals surface area (Å²) in [7, 11) is 0. The van der Waals surface area contributed by atoms with E-state index in [1.54, 1.807) is 25.1 Å². The lowest BCUT2D eigenvalue weighted by atomic mass is 10.1. The van der Waals surface area contributed by atoms with Gasteiger partial charge in [-0.3, -0.25) is 9.59 Å². The van der Waals surface area contributed by atoms with Crippen molar-refractivity contribution in [1.29, 1.82) is 0 Å². The normalized spacial score (nSPS) is 12.0. The molecule has 0 aliphatic heterocycles. The van der Waals surface area contributed by atoms with E-state index < -0.39 is 17.8 Å². The molecule has 0 bridgehead atoms. The zero-order valence-electron chi connectivity index (χ0n) is 17.0. The monoisotopic (exact) mass is 472 g/mol. The molecule has 0 unspecified atom stereocenters. The van der Waals surface area contributed by atoms with Crippen LogP contribution < -0.4 is 5.32 Å². The van der Waals surface area contributed by atoms with Crippen molar-refractivity contribution in [3.05, 3.63) is 68.4 Å². The molecule has 2 aromatic carbocycles. The molecule has 0 heterocycles. The van der Waals surface area contributed by atoms with Crippen molar-refractivity contribution in [2.45, 2.75) is 39.8 Å². The van der Waals surface area contributed by atoms with Crippen LogP contribution >= 0.6 is 34.8 Å². The number of halogens is 4. The number of carbonyl (C=O) groups excluding carboxylic acids is 2. The lowest BCUT2D eigenvalue weighted by Gasteiger charge is -2.29. The zero-order chi connectivity index (χ0) is 22.4. The maximum atomic E-state index is 14.2. The summed E-state index contributed by atoms with van der Waals surface area (Å²) >= 11 is 18.1. The highest BCUT2D eigenvalue weighted by atomic mass is 35.5. The predicted molar refractivity (Wildman–Crippen MR) is 119 cm³/mol. The van der Waals surface area contributed by atoms with Gasteiger partial charge in [0.2, 0.25) is 11.8 Å². The number of rotatable bonds is 8. The highest BCUT2D eigenvalue weighted by Gasteiger charge is 2.27. The van der Waals surface area contributed by atoms with Crippen LogP contribution in [0.25, 0.3) is 0 Å². The Hall–Kier alpha value is -1.82. The Morgan fingerprint density at radius 1 is 1.03 bits per heavy atom. The molecule has 0 saturated carbocycles. The summed E-state index contributed by atoms with van der Waals surface area (Å²) in [4.78, 5) is 27.1. The molecule has 0 aliphatic rings. The van der Waals surface area contributed by atoms with Crippen molar-refractivity contribution >= 4 is 46.6 Å². The summed E-state index contributed by atoms with van der Waals surface area (Å²) in [5.74, 6) is -1.03. The van der Waals surface area contributed by atoms with Crippen LogP contribution in [0.4, 0.5) is 4.39 Å². The highest BCUT2D eigenvalue weighted by Crippen LogP contribution is 2.25. The Balaban J connectivity index is 2.30. The molecule has 0 spiro atoms. The smallest absolute Gasteiger partial charge is 0.242 e. The first-order valence-electron chi connectivity index (χ1n) is 9.54. The second-order valence-corrected chi connectivity index (χ2v) is 8.68. The Morgan fingerprint density at radius 3 is 2.33 bits per heavy atom. The van der Waals surface area contributed by atoms with E-state index in [1.165, 1.54) is 23.1 Å². The number of nitrogens with zero attached hydrogens (tertiary/aromatic N) is 1. The molecule has 2 aromatic rings. The number of hydrogen-bond acceptors (Lipinski definition) is 2. The number of hydrogen-bond donors (Lipinski definition) is 1. The fraction of sp³-hybridized carbons (Fsp3) is 0.364. The Morgan fingerprint density at radius 2 is 1.73 bits per heavy atom. The maximum Gasteiger partial charge on any atom is 0.242 e. The standard InChI is InChI=1S/C22H24Cl3FN2O2/c1-13(2)11-27-22(30)14(3)28(12-15-7-8-18(24)19(25)9-15)21(29)10-16-17(23)5-4-6-20(16)26/h4-9,13-14H,10-12H2,1-3H3,(H,27,30)/t14-/m0/s1. The summed E-state index contributed by atoms with van der Waals surface area (Å²) in [6, 6.07) is 8.45. The molecule has 1 atom stereocenters. The molecule has 0 aromatic heterocycles. The molecule has 2 rings (SSSR count). The SMILES string of the molecule is CC(C)CNC(=O)[C@H](C)N(Cc1ccc(Cl)c(Cl)c1)C(=O)Cc1c(F)cccc1Cl. The van der Waals surface area contributed by atoms with Crippen molar-refractivity contribution in [1.82, 2.24) is 10.2 Å². The van der Waals surface area contributed by atoms with E-state index in [1.807, 2.05) is 13.8 Å². The first kappa shape index (κ1) is 24.4. The van der Waals surface area contributed by atoms with E-state index in [2.05, 4.69) is 5.32 Å². The van der Waals surface area contributed by atoms with Gasteiger partial charge in [-0.2, -0.15) is 0 Å². The highest BCUT2D eigenvalue weighted by molar-refractivity contribution is 6.42. The summed E-state index contributed by atoms with van der Waals surface area (Å²) in [6.45, 7) is 6.18. The van der Waals surface area contributed by atoms with Crippen molar-refractivity contribution in [2.75, 3.05) is 6.54 Å². The minimum atomic E-state index is -0.781. The van der Waals surface area contributed by atoms with Gasteiger partial charge in [0.1, 0.15) is 11.9 Å². The average Bonchev–Trinajstić information content (AvgIpc) is 2.69. The third-order valence-electron chi connectivity index (χ3n) is 4.58. The Labute approximate surface area is 191 Å². The second kappa shape index (κ2) is 11.0. The molecule has 0 aliphatic carbocycles. The van der Waals surface area contributed by atoms with Crippen LogP contribution in [0.3, 0.4) is 0 Å². The van der Waals surface area contributed by atoms with Gasteiger partial charge in [-0.25, -0.2) is 4.39 Å². The van der Waals surface area contributed by atoms with Crippen LogP contribution in [-0.4, -0.2) is 29.3 Å². The Bertz CT molecular complexity index is 901. The van der Waals surface area contributed by atoms with Crippen molar-refractivity contribution in [3.8, 4) is 0 Å². The summed E-state index contributed by atoms with van der Waals surface area (Å²) < 4.78 is 14.2. The van der Waals surface area contributed by atoms with E-state index in [0.29, 0.717) is 22.2 Å². The molecule has 162 valence electrons. The van der Waals surface area contributed by atoms with Gasteiger partial charge >= 0.3 is 0 Å². The first-order valence-corrected chi connectivity index (χ1v) is 10.7. The quantitative estimate of drug-likeness (QED) is 0.549. The third kappa shape index (κ3) is 6.59. The number of amides is 2. The van der Waals surface area contributed by atoms with Crippen molar-refractivity contribution in [3.63, 3.8) is 0 Å². The number of nitrogens with one attached hydrogen (secondary N) is 1. The van der Waals surface area contributed by atoms with Crippen LogP contribution in [0.5, 0.6) is 0 Å². The molecule has 1 N–H and O–H groups in total. The van der Waals surface area contributed by atoms with Gasteiger partial charge in [0.05, 0.1) is 16.5 Å². The number of benzene rings is 2. The summed E-state index contributed by atoms with van der Waals surface area (Å²) in [5, 5.41) is 3.72. The van der Waals surface area contributed by atoms with Gasteiger partial charge in [-0.05, 0) is 42.7 Å². The molecule has 0 saturated heterocycles. The third-order valence-corrected chi connectivity index (χ3v) is 5.67. The van der Waals surface area contributed by atoms with Crippen molar-refractivity contribution in [2.24, 2.45) is 5.92 Å². The van der Waals surface area contributed by atoms with Gasteiger partial charge in [-0.15, -0.1) is 0 Å². The van der Waals surface area contributed by atoms with Crippen LogP contribution in [0, 0.1) is 11.7 Å². The molecular weight excluding hydrogens is 450 g/mol. The van der Waals surface area contributed by atoms with Crippen LogP contribution in [0.15, 0.2) is 36.4 Å². The van der Waals surface area contributed by atoms with E-state index >= 15 is 0 Å². The minimum absolute atomic E-state index is 0.0955. The van der Waals surface area contributed by atoms with Gasteiger partial charge in [-0.1, -0.05) is 60.8 Å². The fourth-order valence-corrected chi connectivity index (χ4v) is 3.37. The first-order chi connectivity index (χ1) is 14.1. The summed E-state index contributed by atoms with van der Waals surface area (Å²) in [5.41, 5.74) is 0.791. The number of carbonyl (C=O) groups is 2. The van der Waals surface area contributed by atoms with Crippen molar-refractivity contribution < 1.29 is 14.0 Å². The average molecular weight is 474 g/mol. The lowest BCUT2D eigenvalue weighted by molar-refractivity contribution is -0.140. The van der Waals surface area contributed by atoms with E-state index in [4.69, 9.17) is 34.8 Å². The largest absolute Gasteiger partial charge is 0.354 e. The van der Waals surface area contributed by atoms with Gasteiger partial charge in [0, 0.05) is 23.7 Å². The van der Waals surface area contributed by atoms with Crippen LogP contribution in [0.2, 0.25) is 15.1 Å². The topological polar surface area (TPSA) is 49.4 Å². The fourth-order valence-electron chi connectivity index (χ4n) is 2.82. The second-order valence-electron chi connectivity index (χ2n) is 7.46. The van der Waals surface area contributed by atoms with E-state index in [9.17, 15) is 14.0 Å². The van der Waals surface area contributed by atoms with Crippen LogP contribution in [-0.2, 0) is 22.6 Å². The van der Waals surface area contributed by atoms with Gasteiger partial charge in [0.25, 0.3) is 0 Å². The molecule has 4 nitrogen and oxygen atoms in total.